The number of ether oxygens (including phenoxy) is 2. The molecule has 2 N–H and O–H groups in total. The maximum absolute atomic E-state index is 11.4. The van der Waals surface area contributed by atoms with Gasteiger partial charge >= 0.3 is 0 Å². The van der Waals surface area contributed by atoms with Gasteiger partial charge in [0, 0.05) is 5.56 Å². The third-order valence-corrected chi connectivity index (χ3v) is 2.52. The molecular weight excluding hydrogens is 236 g/mol. The zero-order valence-electron chi connectivity index (χ0n) is 9.94. The second-order valence-corrected chi connectivity index (χ2v) is 3.57. The number of amides is 2. The van der Waals surface area contributed by atoms with Crippen LogP contribution >= 0.6 is 0 Å². The molecule has 0 spiro atoms. The Bertz CT molecular complexity index is 519. The van der Waals surface area contributed by atoms with Gasteiger partial charge in [0.05, 0.1) is 14.2 Å². The van der Waals surface area contributed by atoms with Crippen LogP contribution in [-0.2, 0) is 9.59 Å². The van der Waals surface area contributed by atoms with E-state index in [-0.39, 0.29) is 5.57 Å². The molecule has 1 fully saturated rings. The summed E-state index contributed by atoms with van der Waals surface area (Å²) >= 11 is 0. The molecule has 1 aromatic rings. The molecule has 0 radical (unpaired) electrons. The van der Waals surface area contributed by atoms with E-state index in [2.05, 4.69) is 10.9 Å². The van der Waals surface area contributed by atoms with Gasteiger partial charge in [-0.2, -0.15) is 0 Å². The number of carbonyl (C=O) groups excluding carboxylic acids is 2. The second-order valence-electron chi connectivity index (χ2n) is 3.57. The topological polar surface area (TPSA) is 76.7 Å². The van der Waals surface area contributed by atoms with Crippen LogP contribution in [-0.4, -0.2) is 26.0 Å². The number of hydrogen-bond donors (Lipinski definition) is 2. The number of nitrogens with one attached hydrogen (secondary N) is 2. The predicted molar refractivity (Wildman–Crippen MR) is 63.8 cm³/mol. The summed E-state index contributed by atoms with van der Waals surface area (Å²) in [6.45, 7) is 0. The van der Waals surface area contributed by atoms with E-state index in [1.54, 1.807) is 18.2 Å². The molecule has 1 saturated heterocycles. The summed E-state index contributed by atoms with van der Waals surface area (Å²) in [6.07, 6.45) is 1.46. The van der Waals surface area contributed by atoms with Crippen LogP contribution in [0.25, 0.3) is 6.08 Å². The van der Waals surface area contributed by atoms with Gasteiger partial charge in [-0.25, -0.2) is 0 Å². The van der Waals surface area contributed by atoms with Crippen LogP contribution in [0.5, 0.6) is 11.5 Å². The van der Waals surface area contributed by atoms with Gasteiger partial charge in [0.1, 0.15) is 17.1 Å². The standard InChI is InChI=1S/C12H12N2O4/c1-17-8-3-4-10(18-2)7(5-8)6-9-11(15)13-14-12(9)16/h3-6H,1-2H3,(H,13,15)(H,14,16). The van der Waals surface area contributed by atoms with Crippen molar-refractivity contribution in [1.29, 1.82) is 0 Å². The molecule has 1 aliphatic rings. The third kappa shape index (κ3) is 2.13. The highest BCUT2D eigenvalue weighted by atomic mass is 16.5. The minimum absolute atomic E-state index is 0.0292. The van der Waals surface area contributed by atoms with Gasteiger partial charge in [0.15, 0.2) is 0 Å². The molecular formula is C12H12N2O4. The minimum atomic E-state index is -0.468. The van der Waals surface area contributed by atoms with Crippen molar-refractivity contribution in [1.82, 2.24) is 10.9 Å². The number of hydrogen-bond acceptors (Lipinski definition) is 4. The average Bonchev–Trinajstić information content (AvgIpc) is 2.70. The van der Waals surface area contributed by atoms with E-state index in [9.17, 15) is 9.59 Å². The average molecular weight is 248 g/mol. The summed E-state index contributed by atoms with van der Waals surface area (Å²) < 4.78 is 10.2. The largest absolute Gasteiger partial charge is 0.497 e. The van der Waals surface area contributed by atoms with Crippen LogP contribution in [0, 0.1) is 0 Å². The molecule has 6 heteroatoms. The fraction of sp³-hybridized carbons (Fsp3) is 0.167. The van der Waals surface area contributed by atoms with Crippen molar-refractivity contribution in [2.45, 2.75) is 0 Å². The lowest BCUT2D eigenvalue weighted by atomic mass is 10.1. The predicted octanol–water partition coefficient (Wildman–Crippen LogP) is 0.248. The van der Waals surface area contributed by atoms with Crippen molar-refractivity contribution in [2.75, 3.05) is 14.2 Å². The molecule has 0 saturated carbocycles. The Labute approximate surface area is 104 Å². The Hall–Kier alpha value is -2.50. The molecule has 0 aromatic heterocycles. The number of methoxy groups -OCH3 is 2. The van der Waals surface area contributed by atoms with Crippen LogP contribution < -0.4 is 20.3 Å². The first-order valence-corrected chi connectivity index (χ1v) is 5.20. The van der Waals surface area contributed by atoms with Gasteiger partial charge in [0.25, 0.3) is 11.8 Å². The van der Waals surface area contributed by atoms with Crippen LogP contribution in [0.15, 0.2) is 23.8 Å². The summed E-state index contributed by atoms with van der Waals surface area (Å²) in [5.41, 5.74) is 5.08. The van der Waals surface area contributed by atoms with Gasteiger partial charge in [-0.15, -0.1) is 0 Å². The molecule has 2 amide bonds. The fourth-order valence-corrected chi connectivity index (χ4v) is 1.59. The van der Waals surface area contributed by atoms with Crippen LogP contribution in [0.4, 0.5) is 0 Å². The van der Waals surface area contributed by atoms with E-state index in [0.29, 0.717) is 17.1 Å². The molecule has 0 bridgehead atoms. The van der Waals surface area contributed by atoms with Crippen molar-refractivity contribution < 1.29 is 19.1 Å². The maximum Gasteiger partial charge on any atom is 0.275 e. The molecule has 94 valence electrons. The van der Waals surface area contributed by atoms with Crippen molar-refractivity contribution in [3.8, 4) is 11.5 Å². The van der Waals surface area contributed by atoms with E-state index in [1.165, 1.54) is 20.3 Å². The monoisotopic (exact) mass is 248 g/mol. The highest BCUT2D eigenvalue weighted by Gasteiger charge is 2.25. The Morgan fingerprint density at radius 2 is 1.72 bits per heavy atom. The van der Waals surface area contributed by atoms with Crippen molar-refractivity contribution in [2.24, 2.45) is 0 Å². The van der Waals surface area contributed by atoms with Gasteiger partial charge < -0.3 is 9.47 Å². The summed E-state index contributed by atoms with van der Waals surface area (Å²) in [5, 5.41) is 0. The van der Waals surface area contributed by atoms with Gasteiger partial charge in [-0.1, -0.05) is 0 Å². The molecule has 1 aliphatic heterocycles. The first-order chi connectivity index (χ1) is 8.65. The first-order valence-electron chi connectivity index (χ1n) is 5.20. The summed E-state index contributed by atoms with van der Waals surface area (Å²) in [7, 11) is 3.05. The van der Waals surface area contributed by atoms with E-state index in [1.807, 2.05) is 0 Å². The molecule has 6 nitrogen and oxygen atoms in total. The Morgan fingerprint density at radius 3 is 2.28 bits per heavy atom. The van der Waals surface area contributed by atoms with Crippen LogP contribution in [0.3, 0.4) is 0 Å². The number of hydrazine groups is 1. The fourth-order valence-electron chi connectivity index (χ4n) is 1.59. The zero-order chi connectivity index (χ0) is 13.1. The normalized spacial score (nSPS) is 14.0. The SMILES string of the molecule is COc1ccc(OC)c(C=C2C(=O)NNC2=O)c1. The summed E-state index contributed by atoms with van der Waals surface area (Å²) in [5.74, 6) is 0.229. The number of carbonyl (C=O) groups is 2. The van der Waals surface area contributed by atoms with E-state index < -0.39 is 11.8 Å². The smallest absolute Gasteiger partial charge is 0.275 e. The highest BCUT2D eigenvalue weighted by Crippen LogP contribution is 2.26. The molecule has 1 aromatic carbocycles. The third-order valence-electron chi connectivity index (χ3n) is 2.52. The second kappa shape index (κ2) is 4.79. The molecule has 1 heterocycles. The quantitative estimate of drug-likeness (QED) is 0.593. The van der Waals surface area contributed by atoms with Crippen molar-refractivity contribution in [3.05, 3.63) is 29.3 Å². The van der Waals surface area contributed by atoms with Crippen molar-refractivity contribution in [3.63, 3.8) is 0 Å². The number of rotatable bonds is 3. The maximum atomic E-state index is 11.4. The Balaban J connectivity index is 2.46. The van der Waals surface area contributed by atoms with Gasteiger partial charge in [-0.3, -0.25) is 20.4 Å². The minimum Gasteiger partial charge on any atom is -0.497 e. The Morgan fingerprint density at radius 1 is 1.06 bits per heavy atom. The van der Waals surface area contributed by atoms with Gasteiger partial charge in [0.2, 0.25) is 0 Å². The van der Waals surface area contributed by atoms with Crippen LogP contribution in [0.2, 0.25) is 0 Å². The van der Waals surface area contributed by atoms with E-state index in [0.717, 1.165) is 0 Å². The van der Waals surface area contributed by atoms with Crippen LogP contribution in [0.1, 0.15) is 5.56 Å². The van der Waals surface area contributed by atoms with E-state index in [4.69, 9.17) is 9.47 Å². The first kappa shape index (κ1) is 12.0. The summed E-state index contributed by atoms with van der Waals surface area (Å²) in [6, 6.07) is 5.12. The lowest BCUT2D eigenvalue weighted by Crippen LogP contribution is -2.28. The summed E-state index contributed by atoms with van der Waals surface area (Å²) in [4.78, 5) is 22.8. The molecule has 2 rings (SSSR count). The van der Waals surface area contributed by atoms with E-state index >= 15 is 0 Å². The lowest BCUT2D eigenvalue weighted by molar-refractivity contribution is -0.117. The molecule has 0 unspecified atom stereocenters. The number of benzene rings is 1. The Kier molecular flexibility index (Phi) is 3.18. The molecule has 18 heavy (non-hydrogen) atoms. The molecule has 0 aliphatic carbocycles. The van der Waals surface area contributed by atoms with Crippen molar-refractivity contribution >= 4 is 17.9 Å². The molecule has 0 atom stereocenters. The lowest BCUT2D eigenvalue weighted by Gasteiger charge is -2.07. The van der Waals surface area contributed by atoms with Gasteiger partial charge in [-0.05, 0) is 24.3 Å². The highest BCUT2D eigenvalue weighted by molar-refractivity contribution is 6.25. The zero-order valence-corrected chi connectivity index (χ0v) is 9.94.